The molecule has 0 spiro atoms. The number of carbonyl (C=O) groups is 4. The number of ketones is 1. The van der Waals surface area contributed by atoms with Crippen molar-refractivity contribution in [3.05, 3.63) is 108 Å². The Morgan fingerprint density at radius 1 is 0.818 bits per heavy atom. The van der Waals surface area contributed by atoms with Gasteiger partial charge in [0, 0.05) is 23.5 Å². The zero-order chi connectivity index (χ0) is 31.1. The number of rotatable bonds is 13. The highest BCUT2D eigenvalue weighted by molar-refractivity contribution is 5.98. The summed E-state index contributed by atoms with van der Waals surface area (Å²) in [5.74, 6) is -1.34. The predicted octanol–water partition coefficient (Wildman–Crippen LogP) is 3.60. The SMILES string of the molecule is CC(NC(=O)OCc1ccccc1)C(=O)NC(Cc1c[nH]c2ccccc12)C(=O)NC(Cc1ccccc1)C(=O)C1(C)CO1. The van der Waals surface area contributed by atoms with Crippen LogP contribution in [0.15, 0.2) is 91.1 Å². The average molecular weight is 597 g/mol. The van der Waals surface area contributed by atoms with E-state index in [-0.39, 0.29) is 31.8 Å². The summed E-state index contributed by atoms with van der Waals surface area (Å²) >= 11 is 0. The van der Waals surface area contributed by atoms with Crippen molar-refractivity contribution in [2.24, 2.45) is 0 Å². The Bertz CT molecular complexity index is 1620. The number of amides is 3. The molecule has 2 heterocycles. The minimum atomic E-state index is -1.05. The van der Waals surface area contributed by atoms with Crippen molar-refractivity contribution >= 4 is 34.6 Å². The van der Waals surface area contributed by atoms with Crippen molar-refractivity contribution in [3.8, 4) is 0 Å². The second kappa shape index (κ2) is 13.6. The van der Waals surface area contributed by atoms with Gasteiger partial charge in [-0.05, 0) is 43.0 Å². The number of alkyl carbamates (subject to hydrolysis) is 1. The maximum atomic E-state index is 13.9. The van der Waals surface area contributed by atoms with Gasteiger partial charge in [0.25, 0.3) is 0 Å². The number of para-hydroxylation sites is 1. The summed E-state index contributed by atoms with van der Waals surface area (Å²) < 4.78 is 10.7. The van der Waals surface area contributed by atoms with E-state index in [1.807, 2.05) is 84.9 Å². The summed E-state index contributed by atoms with van der Waals surface area (Å²) in [6.45, 7) is 3.54. The molecule has 1 aliphatic rings. The van der Waals surface area contributed by atoms with E-state index in [1.54, 1.807) is 13.1 Å². The molecule has 1 fully saturated rings. The van der Waals surface area contributed by atoms with Gasteiger partial charge in [-0.25, -0.2) is 4.79 Å². The number of nitrogens with one attached hydrogen (secondary N) is 4. The van der Waals surface area contributed by atoms with Crippen molar-refractivity contribution in [2.45, 2.75) is 57.0 Å². The average Bonchev–Trinajstić information content (AvgIpc) is 3.67. The van der Waals surface area contributed by atoms with Crippen LogP contribution in [0, 0.1) is 0 Å². The van der Waals surface area contributed by atoms with Crippen molar-refractivity contribution in [3.63, 3.8) is 0 Å². The molecule has 4 unspecified atom stereocenters. The Kier molecular flexibility index (Phi) is 9.40. The summed E-state index contributed by atoms with van der Waals surface area (Å²) in [4.78, 5) is 56.1. The second-order valence-corrected chi connectivity index (χ2v) is 11.2. The topological polar surface area (TPSA) is 142 Å². The summed E-state index contributed by atoms with van der Waals surface area (Å²) in [7, 11) is 0. The van der Waals surface area contributed by atoms with Crippen molar-refractivity contribution in [2.75, 3.05) is 6.61 Å². The van der Waals surface area contributed by atoms with Crippen molar-refractivity contribution in [1.82, 2.24) is 20.9 Å². The summed E-state index contributed by atoms with van der Waals surface area (Å²) in [6, 6.07) is 23.3. The Balaban J connectivity index is 1.31. The Morgan fingerprint density at radius 3 is 2.11 bits per heavy atom. The maximum absolute atomic E-state index is 13.9. The number of Topliss-reactive ketones (excluding diaryl/α,β-unsaturated/α-hetero) is 1. The van der Waals surface area contributed by atoms with Gasteiger partial charge in [0.1, 0.15) is 24.3 Å². The zero-order valence-electron chi connectivity index (χ0n) is 24.7. The van der Waals surface area contributed by atoms with Crippen LogP contribution in [0.5, 0.6) is 0 Å². The standard InChI is InChI=1S/C34H36N4O6/c1-22(36-33(42)43-20-24-13-7-4-8-14-24)31(40)38-29(18-25-19-35-27-16-10-9-15-26(25)27)32(41)37-28(30(39)34(2)21-44-34)17-23-11-5-3-6-12-23/h3-16,19,22,28-29,35H,17-18,20-21H2,1-2H3,(H,36,42)(H,37,41)(H,38,40). The Labute approximate surface area is 255 Å². The van der Waals surface area contributed by atoms with Gasteiger partial charge in [-0.3, -0.25) is 14.4 Å². The van der Waals surface area contributed by atoms with Gasteiger partial charge in [0.05, 0.1) is 12.6 Å². The molecule has 3 aromatic carbocycles. The molecule has 3 amide bonds. The Morgan fingerprint density at radius 2 is 1.43 bits per heavy atom. The minimum Gasteiger partial charge on any atom is -0.445 e. The molecule has 44 heavy (non-hydrogen) atoms. The number of H-pyrrole nitrogens is 1. The monoisotopic (exact) mass is 596 g/mol. The molecule has 1 aliphatic heterocycles. The summed E-state index contributed by atoms with van der Waals surface area (Å²) in [5, 5.41) is 9.10. The molecule has 228 valence electrons. The first-order valence-electron chi connectivity index (χ1n) is 14.6. The number of hydrogen-bond acceptors (Lipinski definition) is 6. The quantitative estimate of drug-likeness (QED) is 0.174. The van der Waals surface area contributed by atoms with Gasteiger partial charge in [0.2, 0.25) is 11.8 Å². The van der Waals surface area contributed by atoms with E-state index in [9.17, 15) is 19.2 Å². The van der Waals surface area contributed by atoms with Crippen molar-refractivity contribution in [1.29, 1.82) is 0 Å². The van der Waals surface area contributed by atoms with Crippen LogP contribution in [0.2, 0.25) is 0 Å². The van der Waals surface area contributed by atoms with E-state index in [2.05, 4.69) is 20.9 Å². The number of ether oxygens (including phenoxy) is 2. The lowest BCUT2D eigenvalue weighted by molar-refractivity contribution is -0.133. The second-order valence-electron chi connectivity index (χ2n) is 11.2. The van der Waals surface area contributed by atoms with Crippen LogP contribution in [0.25, 0.3) is 10.9 Å². The fourth-order valence-corrected chi connectivity index (χ4v) is 4.98. The largest absolute Gasteiger partial charge is 0.445 e. The molecular weight excluding hydrogens is 560 g/mol. The highest BCUT2D eigenvalue weighted by Crippen LogP contribution is 2.29. The minimum absolute atomic E-state index is 0.0477. The van der Waals surface area contributed by atoms with Gasteiger partial charge >= 0.3 is 6.09 Å². The van der Waals surface area contributed by atoms with Crippen LogP contribution < -0.4 is 16.0 Å². The van der Waals surface area contributed by atoms with Crippen LogP contribution in [0.1, 0.15) is 30.5 Å². The van der Waals surface area contributed by atoms with E-state index < -0.39 is 41.6 Å². The first kappa shape index (κ1) is 30.5. The third kappa shape index (κ3) is 7.70. The number of hydrogen-bond donors (Lipinski definition) is 4. The highest BCUT2D eigenvalue weighted by atomic mass is 16.6. The fraction of sp³-hybridized carbons (Fsp3) is 0.294. The highest BCUT2D eigenvalue weighted by Gasteiger charge is 2.50. The molecule has 0 radical (unpaired) electrons. The maximum Gasteiger partial charge on any atom is 0.408 e. The van der Waals surface area contributed by atoms with Gasteiger partial charge in [-0.15, -0.1) is 0 Å². The smallest absolute Gasteiger partial charge is 0.408 e. The molecule has 5 rings (SSSR count). The molecule has 0 aliphatic carbocycles. The van der Waals surface area contributed by atoms with Crippen LogP contribution in [-0.2, 0) is 43.3 Å². The third-order valence-corrected chi connectivity index (χ3v) is 7.69. The number of fused-ring (bicyclic) bond motifs is 1. The van der Waals surface area contributed by atoms with Crippen LogP contribution in [-0.4, -0.2) is 59.0 Å². The van der Waals surface area contributed by atoms with Crippen molar-refractivity contribution < 1.29 is 28.7 Å². The number of aromatic nitrogens is 1. The molecule has 10 nitrogen and oxygen atoms in total. The zero-order valence-corrected chi connectivity index (χ0v) is 24.7. The fourth-order valence-electron chi connectivity index (χ4n) is 4.98. The lowest BCUT2D eigenvalue weighted by Gasteiger charge is -2.25. The third-order valence-electron chi connectivity index (χ3n) is 7.69. The predicted molar refractivity (Wildman–Crippen MR) is 165 cm³/mol. The molecule has 4 N–H and O–H groups in total. The van der Waals surface area contributed by atoms with E-state index in [4.69, 9.17) is 9.47 Å². The number of carbonyl (C=O) groups excluding carboxylic acids is 4. The first-order valence-corrected chi connectivity index (χ1v) is 14.6. The normalized spacial score (nSPS) is 17.6. The Hall–Kier alpha value is -4.96. The molecule has 1 aromatic heterocycles. The number of epoxide rings is 1. The molecule has 10 heteroatoms. The lowest BCUT2D eigenvalue weighted by Crippen LogP contribution is -2.57. The number of aromatic amines is 1. The first-order chi connectivity index (χ1) is 21.2. The summed E-state index contributed by atoms with van der Waals surface area (Å²) in [5.41, 5.74) is 2.42. The van der Waals surface area contributed by atoms with Gasteiger partial charge in [-0.2, -0.15) is 0 Å². The van der Waals surface area contributed by atoms with Crippen LogP contribution in [0.3, 0.4) is 0 Å². The summed E-state index contributed by atoms with van der Waals surface area (Å²) in [6.07, 6.45) is 1.45. The lowest BCUT2D eigenvalue weighted by atomic mass is 9.94. The molecule has 0 saturated carbocycles. The van der Waals surface area contributed by atoms with E-state index in [1.165, 1.54) is 6.92 Å². The molecule has 1 saturated heterocycles. The molecule has 4 atom stereocenters. The molecule has 4 aromatic rings. The van der Waals surface area contributed by atoms with Gasteiger partial charge in [0.15, 0.2) is 5.78 Å². The van der Waals surface area contributed by atoms with E-state index >= 15 is 0 Å². The molecule has 0 bridgehead atoms. The van der Waals surface area contributed by atoms with E-state index in [0.29, 0.717) is 0 Å². The number of benzene rings is 3. The van der Waals surface area contributed by atoms with Gasteiger partial charge < -0.3 is 30.4 Å². The van der Waals surface area contributed by atoms with Gasteiger partial charge in [-0.1, -0.05) is 78.9 Å². The van der Waals surface area contributed by atoms with E-state index in [0.717, 1.165) is 27.6 Å². The molecular formula is C34H36N4O6. The van der Waals surface area contributed by atoms with Crippen LogP contribution in [0.4, 0.5) is 4.79 Å². The van der Waals surface area contributed by atoms with Crippen LogP contribution >= 0.6 is 0 Å².